The van der Waals surface area contributed by atoms with Crippen LogP contribution in [0.25, 0.3) is 0 Å². The van der Waals surface area contributed by atoms with Gasteiger partial charge in [-0.3, -0.25) is 4.99 Å². The van der Waals surface area contributed by atoms with Crippen molar-refractivity contribution in [3.05, 3.63) is 68.7 Å². The zero-order chi connectivity index (χ0) is 27.7. The van der Waals surface area contributed by atoms with Crippen molar-refractivity contribution in [1.29, 1.82) is 0 Å². The molecular weight excluding hydrogens is 545 g/mol. The van der Waals surface area contributed by atoms with Gasteiger partial charge in [0.25, 0.3) is 0 Å². The van der Waals surface area contributed by atoms with E-state index in [2.05, 4.69) is 98.5 Å². The van der Waals surface area contributed by atoms with Crippen LogP contribution in [0.4, 0.5) is 0 Å². The van der Waals surface area contributed by atoms with Crippen molar-refractivity contribution in [3.63, 3.8) is 0 Å². The van der Waals surface area contributed by atoms with Crippen molar-refractivity contribution in [3.8, 4) is 0 Å². The maximum atomic E-state index is 6.41. The number of likely N-dealkylation sites (N-methyl/N-ethyl adjacent to an activating group) is 2. The zero-order valence-corrected chi connectivity index (χ0v) is 29.5. The van der Waals surface area contributed by atoms with E-state index < -0.39 is 0 Å². The third kappa shape index (κ3) is 12.5. The van der Waals surface area contributed by atoms with E-state index in [9.17, 15) is 0 Å². The minimum atomic E-state index is 0. The molecule has 3 radical (unpaired) electrons. The monoisotopic (exact) mass is 593 g/mol. The second-order valence-electron chi connectivity index (χ2n) is 11.8. The molecule has 1 fully saturated rings. The summed E-state index contributed by atoms with van der Waals surface area (Å²) in [7, 11) is 8.35. The predicted molar refractivity (Wildman–Crippen MR) is 173 cm³/mol. The number of nitrogens with one attached hydrogen (secondary N) is 1. The Bertz CT molecular complexity index is 1060. The number of benzene rings is 2. The topological polar surface area (TPSA) is 30.9 Å². The summed E-state index contributed by atoms with van der Waals surface area (Å²) in [4.78, 5) is 9.04. The second kappa shape index (κ2) is 19.0. The van der Waals surface area contributed by atoms with E-state index in [1.165, 1.54) is 47.2 Å². The van der Waals surface area contributed by atoms with E-state index in [1.807, 2.05) is 0 Å². The van der Waals surface area contributed by atoms with Crippen molar-refractivity contribution < 1.29 is 31.0 Å². The summed E-state index contributed by atoms with van der Waals surface area (Å²) in [6.07, 6.45) is 6.84. The molecule has 0 saturated carbocycles. The van der Waals surface area contributed by atoms with E-state index in [1.54, 1.807) is 0 Å². The van der Waals surface area contributed by atoms with Crippen LogP contribution >= 0.6 is 23.2 Å². The van der Waals surface area contributed by atoms with Crippen LogP contribution in [-0.4, -0.2) is 78.3 Å². The van der Waals surface area contributed by atoms with Gasteiger partial charge in [-0.1, -0.05) is 61.3 Å². The molecule has 0 aliphatic carbocycles. The predicted octanol–water partition coefficient (Wildman–Crippen LogP) is 3.90. The Kier molecular flexibility index (Phi) is 17.9. The number of nitrogens with zero attached hydrogens (tertiary/aromatic N) is 3. The van der Waals surface area contributed by atoms with Gasteiger partial charge >= 0.3 is 29.6 Å². The summed E-state index contributed by atoms with van der Waals surface area (Å²) in [6.45, 7) is 8.70. The molecule has 0 aromatic heterocycles. The molecule has 215 valence electrons. The second-order valence-corrected chi connectivity index (χ2v) is 12.7. The normalized spacial score (nSPS) is 20.6. The van der Waals surface area contributed by atoms with Crippen LogP contribution in [0, 0.1) is 11.8 Å². The number of hydrogen-bond acceptors (Lipinski definition) is 4. The van der Waals surface area contributed by atoms with Crippen LogP contribution in [0.1, 0.15) is 69.3 Å². The fourth-order valence-corrected chi connectivity index (χ4v) is 5.50. The van der Waals surface area contributed by atoms with Crippen molar-refractivity contribution in [1.82, 2.24) is 15.1 Å². The molecule has 1 saturated heterocycles. The van der Waals surface area contributed by atoms with Crippen molar-refractivity contribution >= 4 is 37.3 Å². The molecule has 0 bridgehead atoms. The van der Waals surface area contributed by atoms with E-state index >= 15 is 0 Å². The van der Waals surface area contributed by atoms with E-state index in [0.717, 1.165) is 67.3 Å². The van der Waals surface area contributed by atoms with Gasteiger partial charge in [-0.2, -0.15) is 0 Å². The minimum absolute atomic E-state index is 0. The smallest absolute Gasteiger partial charge is 1.00 e. The Morgan fingerprint density at radius 1 is 0.850 bits per heavy atom. The van der Waals surface area contributed by atoms with E-state index in [4.69, 9.17) is 23.2 Å². The number of halogens is 2. The number of hydrogen-bond donors (Lipinski definition) is 1. The van der Waals surface area contributed by atoms with Gasteiger partial charge in [-0.05, 0) is 119 Å². The number of piperidine rings is 1. The quantitative estimate of drug-likeness (QED) is 0.471. The molecule has 8 heteroatoms. The molecule has 1 N–H and O–H groups in total. The van der Waals surface area contributed by atoms with Crippen molar-refractivity contribution in [2.24, 2.45) is 16.8 Å². The molecule has 4 rings (SSSR count). The fraction of sp³-hybridized carbons (Fsp3) is 0.594. The summed E-state index contributed by atoms with van der Waals surface area (Å²) in [5.74, 6) is 1.52. The first kappa shape index (κ1) is 37.7. The molecule has 2 aromatic carbocycles. The van der Waals surface area contributed by atoms with Gasteiger partial charge in [0.2, 0.25) is 0 Å². The molecular formula is C32H49BCl2N4Na. The van der Waals surface area contributed by atoms with E-state index in [-0.39, 0.29) is 39.4 Å². The summed E-state index contributed by atoms with van der Waals surface area (Å²) < 4.78 is 0. The van der Waals surface area contributed by atoms with Crippen LogP contribution in [-0.2, 0) is 12.8 Å². The Balaban J connectivity index is 0.000000727. The Labute approximate surface area is 280 Å². The van der Waals surface area contributed by atoms with Crippen LogP contribution in [0.5, 0.6) is 0 Å². The van der Waals surface area contributed by atoms with Crippen LogP contribution in [0.3, 0.4) is 0 Å². The fourth-order valence-electron chi connectivity index (χ4n) is 4.94. The standard InChI is InChI=1S/C16H25ClN2.C16H23ClN2.B.Na.H/c2*1-12-4-7-16(18-11-12)14-6-5-13(15(17)10-14)8-9-19(2)3;;;/h5-6,10,12,16,18H,4,7-9,11H2,1-3H3;5-6,10,12H,4,7-9,11H2,1-3H3;;;/q;;;+1;-1/t12-,16+;12-;;;/m00.../s1. The van der Waals surface area contributed by atoms with Gasteiger partial charge in [-0.15, -0.1) is 0 Å². The molecule has 2 aliphatic rings. The first-order valence-corrected chi connectivity index (χ1v) is 15.0. The Morgan fingerprint density at radius 2 is 1.45 bits per heavy atom. The molecule has 2 aromatic rings. The molecule has 40 heavy (non-hydrogen) atoms. The van der Waals surface area contributed by atoms with Crippen LogP contribution in [0.2, 0.25) is 10.0 Å². The molecule has 0 amide bonds. The molecule has 4 nitrogen and oxygen atoms in total. The van der Waals surface area contributed by atoms with Gasteiger partial charge in [0.15, 0.2) is 0 Å². The molecule has 3 atom stereocenters. The van der Waals surface area contributed by atoms with Crippen molar-refractivity contribution in [2.45, 2.75) is 58.4 Å². The van der Waals surface area contributed by atoms with Gasteiger partial charge in [0, 0.05) is 49.8 Å². The van der Waals surface area contributed by atoms with Gasteiger partial charge in [-0.25, -0.2) is 0 Å². The zero-order valence-electron chi connectivity index (χ0n) is 26.9. The summed E-state index contributed by atoms with van der Waals surface area (Å²) in [5, 5.41) is 5.41. The van der Waals surface area contributed by atoms with Crippen LogP contribution < -0.4 is 34.9 Å². The number of rotatable bonds is 8. The maximum absolute atomic E-state index is 6.41. The Morgan fingerprint density at radius 3 is 1.93 bits per heavy atom. The maximum Gasteiger partial charge on any atom is 1.00 e. The summed E-state index contributed by atoms with van der Waals surface area (Å²) in [6, 6.07) is 13.5. The van der Waals surface area contributed by atoms with Gasteiger partial charge in [0.1, 0.15) is 0 Å². The van der Waals surface area contributed by atoms with Gasteiger partial charge in [0.05, 0.1) is 0 Å². The van der Waals surface area contributed by atoms with Crippen molar-refractivity contribution in [2.75, 3.05) is 54.4 Å². The largest absolute Gasteiger partial charge is 1.00 e. The van der Waals surface area contributed by atoms with Gasteiger partial charge < -0.3 is 16.5 Å². The minimum Gasteiger partial charge on any atom is -1.00 e. The average Bonchev–Trinajstić information content (AvgIpc) is 2.88. The third-order valence-electron chi connectivity index (χ3n) is 7.65. The summed E-state index contributed by atoms with van der Waals surface area (Å²) in [5.41, 5.74) is 6.24. The van der Waals surface area contributed by atoms with E-state index in [0.29, 0.717) is 6.04 Å². The summed E-state index contributed by atoms with van der Waals surface area (Å²) >= 11 is 12.8. The molecule has 0 spiro atoms. The molecule has 2 aliphatic heterocycles. The SMILES string of the molecule is C[C@H]1CCC(c2ccc(CCN(C)C)c(Cl)c2)=NC1.C[C@H]1CC[C@H](c2ccc(CCN(C)C)c(Cl)c2)NC1.[B].[H-].[Na+]. The first-order valence-electron chi connectivity index (χ1n) is 14.3. The average molecular weight is 594 g/mol. The molecule has 2 heterocycles. The third-order valence-corrected chi connectivity index (χ3v) is 8.35. The Hall–Kier alpha value is -0.365. The molecule has 0 unspecified atom stereocenters. The number of aliphatic imine (C=N–C) groups is 1. The van der Waals surface area contributed by atoms with Crippen LogP contribution in [0.15, 0.2) is 41.4 Å². The first-order chi connectivity index (χ1) is 18.1.